The number of amides is 3. The third-order valence-corrected chi connectivity index (χ3v) is 13.9. The van der Waals surface area contributed by atoms with E-state index in [4.69, 9.17) is 14.2 Å². The highest BCUT2D eigenvalue weighted by molar-refractivity contribution is 6.69. The predicted octanol–water partition coefficient (Wildman–Crippen LogP) is 12.1. The number of rotatable bonds is 38. The summed E-state index contributed by atoms with van der Waals surface area (Å²) in [5.41, 5.74) is 3.61. The number of fused-ring (bicyclic) bond motifs is 1. The maximum absolute atomic E-state index is 14.1. The molecule has 0 fully saturated rings. The van der Waals surface area contributed by atoms with Crippen molar-refractivity contribution in [3.05, 3.63) is 42.0 Å². The first kappa shape index (κ1) is 61.2. The Morgan fingerprint density at radius 2 is 1.12 bits per heavy atom. The van der Waals surface area contributed by atoms with E-state index in [1.165, 1.54) is 12.1 Å². The topological polar surface area (TPSA) is 150 Å². The summed E-state index contributed by atoms with van der Waals surface area (Å²) in [7, 11) is 0. The SMILES string of the molecule is CCCCC(CC)CN(CC(CC)CCCC)C(=O)COc1ccc2c(c1)OC(=O)/C(=N\Nc1ccc(N(CC(=O)N(CCCC)CCCC)CC(=O)N(CCCC)CCCC)cc1OC(CC)CC)C2=O. The number of carbonyl (C=O) groups excluding carboxylic acids is 5. The van der Waals surface area contributed by atoms with Gasteiger partial charge in [-0.25, -0.2) is 4.79 Å². The molecule has 0 aromatic heterocycles. The zero-order valence-electron chi connectivity index (χ0n) is 46.3. The van der Waals surface area contributed by atoms with Crippen molar-refractivity contribution in [3.63, 3.8) is 0 Å². The summed E-state index contributed by atoms with van der Waals surface area (Å²) >= 11 is 0. The van der Waals surface area contributed by atoms with Gasteiger partial charge in [0.1, 0.15) is 17.2 Å². The van der Waals surface area contributed by atoms with Crippen LogP contribution in [0.5, 0.6) is 17.2 Å². The third kappa shape index (κ3) is 20.0. The Kier molecular flexibility index (Phi) is 29.1. The molecule has 404 valence electrons. The zero-order chi connectivity index (χ0) is 52.8. The van der Waals surface area contributed by atoms with Crippen molar-refractivity contribution in [2.24, 2.45) is 16.9 Å². The molecule has 72 heavy (non-hydrogen) atoms. The number of benzene rings is 2. The van der Waals surface area contributed by atoms with Gasteiger partial charge in [-0.3, -0.25) is 24.6 Å². The van der Waals surface area contributed by atoms with Crippen molar-refractivity contribution in [1.29, 1.82) is 0 Å². The van der Waals surface area contributed by atoms with Crippen molar-refractivity contribution in [3.8, 4) is 17.2 Å². The molecule has 1 N–H and O–H groups in total. The quantitative estimate of drug-likeness (QED) is 0.0391. The maximum atomic E-state index is 14.1. The van der Waals surface area contributed by atoms with Gasteiger partial charge in [0.2, 0.25) is 23.3 Å². The largest absolute Gasteiger partial charge is 0.488 e. The average molecular weight is 1000 g/mol. The summed E-state index contributed by atoms with van der Waals surface area (Å²) in [5.74, 6) is -0.192. The number of hydrogen-bond donors (Lipinski definition) is 1. The van der Waals surface area contributed by atoms with Gasteiger partial charge in [-0.05, 0) is 87.5 Å². The number of anilines is 2. The second-order valence-electron chi connectivity index (χ2n) is 19.6. The van der Waals surface area contributed by atoms with Gasteiger partial charge in [0.05, 0.1) is 30.4 Å². The summed E-state index contributed by atoms with van der Waals surface area (Å²) < 4.78 is 18.3. The van der Waals surface area contributed by atoms with E-state index < -0.39 is 17.5 Å². The summed E-state index contributed by atoms with van der Waals surface area (Å²) in [6.45, 7) is 25.1. The molecular formula is C58H94N6O8. The molecule has 14 heteroatoms. The average Bonchev–Trinajstić information content (AvgIpc) is 3.38. The molecule has 0 bridgehead atoms. The van der Waals surface area contributed by atoms with Crippen LogP contribution in [0.4, 0.5) is 11.4 Å². The van der Waals surface area contributed by atoms with E-state index in [1.54, 1.807) is 24.3 Å². The molecule has 2 aromatic carbocycles. The summed E-state index contributed by atoms with van der Waals surface area (Å²) in [6.07, 6.45) is 17.3. The first-order valence-electron chi connectivity index (χ1n) is 28.1. The predicted molar refractivity (Wildman–Crippen MR) is 293 cm³/mol. The standard InChI is InChI=1S/C58H94N6O8/c1-11-21-27-44(17-7)39-64(40-45(18-8)28-22-12-2)55(67)43-70-48-30-31-49-51(38-48)72-58(69)56(57(49)68)60-59-50-32-29-46(37-52(50)71-47(19-9)20-10)63(41-53(65)61(33-23-13-3)34-24-14-4)42-54(66)62(35-25-15-5)36-26-16-6/h29-32,37-38,44-45,47,59H,11-28,33-36,39-43H2,1-10H3/b60-56-. The van der Waals surface area contributed by atoms with Crippen LogP contribution in [-0.2, 0) is 19.2 Å². The number of hydrogen-bond acceptors (Lipinski definition) is 11. The molecule has 0 saturated heterocycles. The Hall–Kier alpha value is -5.14. The number of unbranched alkanes of at least 4 members (excludes halogenated alkanes) is 6. The van der Waals surface area contributed by atoms with Crippen molar-refractivity contribution >= 4 is 46.6 Å². The molecule has 2 atom stereocenters. The Bertz CT molecular complexity index is 1920. The van der Waals surface area contributed by atoms with Crippen LogP contribution in [0, 0.1) is 11.8 Å². The molecular weight excluding hydrogens is 909 g/mol. The highest BCUT2D eigenvalue weighted by Gasteiger charge is 2.34. The smallest absolute Gasteiger partial charge is 0.368 e. The van der Waals surface area contributed by atoms with Gasteiger partial charge in [0, 0.05) is 57.1 Å². The second kappa shape index (κ2) is 34.3. The van der Waals surface area contributed by atoms with Gasteiger partial charge in [-0.1, -0.05) is 133 Å². The Balaban J connectivity index is 1.94. The minimum absolute atomic E-state index is 0.00628. The van der Waals surface area contributed by atoms with E-state index in [-0.39, 0.29) is 54.8 Å². The normalized spacial score (nSPS) is 13.6. The number of Topliss-reactive ketones (excluding diaryl/α,β-unsaturated/α-hetero) is 1. The lowest BCUT2D eigenvalue weighted by Crippen LogP contribution is -2.46. The fraction of sp³-hybridized carbons (Fsp3) is 0.690. The van der Waals surface area contributed by atoms with Crippen molar-refractivity contribution < 1.29 is 38.2 Å². The van der Waals surface area contributed by atoms with Crippen LogP contribution >= 0.6 is 0 Å². The lowest BCUT2D eigenvalue weighted by atomic mass is 9.95. The van der Waals surface area contributed by atoms with Crippen LogP contribution in [0.1, 0.15) is 195 Å². The Morgan fingerprint density at radius 1 is 0.611 bits per heavy atom. The van der Waals surface area contributed by atoms with Crippen LogP contribution < -0.4 is 24.5 Å². The lowest BCUT2D eigenvalue weighted by Gasteiger charge is -2.31. The first-order chi connectivity index (χ1) is 34.8. The van der Waals surface area contributed by atoms with E-state index in [0.29, 0.717) is 86.8 Å². The molecule has 0 saturated carbocycles. The molecule has 1 heterocycles. The highest BCUT2D eigenvalue weighted by atomic mass is 16.5. The maximum Gasteiger partial charge on any atom is 0.368 e. The van der Waals surface area contributed by atoms with Crippen LogP contribution in [0.15, 0.2) is 41.5 Å². The monoisotopic (exact) mass is 1000 g/mol. The zero-order valence-corrected chi connectivity index (χ0v) is 46.3. The number of ether oxygens (including phenoxy) is 3. The molecule has 1 aliphatic rings. The molecule has 0 aliphatic carbocycles. The molecule has 14 nitrogen and oxygen atoms in total. The number of nitrogens with zero attached hydrogens (tertiary/aromatic N) is 5. The summed E-state index contributed by atoms with van der Waals surface area (Å²) in [6, 6.07) is 9.94. The van der Waals surface area contributed by atoms with Crippen LogP contribution in [-0.4, -0.2) is 115 Å². The molecule has 0 radical (unpaired) electrons. The van der Waals surface area contributed by atoms with E-state index in [1.807, 2.05) is 33.4 Å². The Morgan fingerprint density at radius 3 is 1.60 bits per heavy atom. The summed E-state index contributed by atoms with van der Waals surface area (Å²) in [5, 5.41) is 4.31. The van der Waals surface area contributed by atoms with E-state index >= 15 is 0 Å². The second-order valence-corrected chi connectivity index (χ2v) is 19.6. The van der Waals surface area contributed by atoms with Gasteiger partial charge in [0.15, 0.2) is 6.61 Å². The van der Waals surface area contributed by atoms with Crippen molar-refractivity contribution in [1.82, 2.24) is 14.7 Å². The fourth-order valence-electron chi connectivity index (χ4n) is 8.83. The van der Waals surface area contributed by atoms with Gasteiger partial charge in [-0.15, -0.1) is 0 Å². The molecule has 3 rings (SSSR count). The summed E-state index contributed by atoms with van der Waals surface area (Å²) in [4.78, 5) is 77.2. The minimum atomic E-state index is -0.941. The number of nitrogens with one attached hydrogen (secondary N) is 1. The van der Waals surface area contributed by atoms with E-state index in [9.17, 15) is 24.0 Å². The molecule has 0 spiro atoms. The van der Waals surface area contributed by atoms with Crippen LogP contribution in [0.2, 0.25) is 0 Å². The van der Waals surface area contributed by atoms with Crippen molar-refractivity contribution in [2.45, 2.75) is 191 Å². The van der Waals surface area contributed by atoms with E-state index in [2.05, 4.69) is 65.9 Å². The van der Waals surface area contributed by atoms with Gasteiger partial charge in [0.25, 0.3) is 5.91 Å². The fourth-order valence-corrected chi connectivity index (χ4v) is 8.83. The molecule has 1 aliphatic heterocycles. The number of carbonyl (C=O) groups is 5. The third-order valence-electron chi connectivity index (χ3n) is 13.9. The van der Waals surface area contributed by atoms with Gasteiger partial charge >= 0.3 is 5.97 Å². The lowest BCUT2D eigenvalue weighted by molar-refractivity contribution is -0.135. The molecule has 3 amide bonds. The first-order valence-corrected chi connectivity index (χ1v) is 28.1. The number of ketones is 1. The van der Waals surface area contributed by atoms with Gasteiger partial charge in [-0.2, -0.15) is 5.10 Å². The van der Waals surface area contributed by atoms with Gasteiger partial charge < -0.3 is 33.8 Å². The minimum Gasteiger partial charge on any atom is -0.488 e. The number of hydrazone groups is 1. The molecule has 2 unspecified atom stereocenters. The van der Waals surface area contributed by atoms with Crippen LogP contribution in [0.25, 0.3) is 0 Å². The van der Waals surface area contributed by atoms with Crippen molar-refractivity contribution in [2.75, 3.05) is 69.3 Å². The van der Waals surface area contributed by atoms with E-state index in [0.717, 1.165) is 103 Å². The molecule has 2 aromatic rings. The van der Waals surface area contributed by atoms with Crippen LogP contribution in [0.3, 0.4) is 0 Å². The number of esters is 1. The highest BCUT2D eigenvalue weighted by Crippen LogP contribution is 2.34. The Labute approximate surface area is 434 Å².